The Morgan fingerprint density at radius 3 is 1.67 bits per heavy atom. The van der Waals surface area contributed by atoms with E-state index in [-0.39, 0.29) is 12.1 Å². The van der Waals surface area contributed by atoms with Crippen molar-refractivity contribution in [2.75, 3.05) is 13.1 Å². The summed E-state index contributed by atoms with van der Waals surface area (Å²) in [5, 5.41) is 0. The molecule has 0 aliphatic carbocycles. The number of hydrogen-bond acceptors (Lipinski definition) is 2. The normalized spacial score (nSPS) is 21.8. The standard InChI is InChI=1S/C22H22N2/c1-3-21-17-23(15-19-11-7-5-8-12-19)18-22(4-2)24(21)16-20-13-9-6-10-14-20/h1-2,5-14,21-22H,15-18H2/t21-,22-/m0/s1. The Balaban J connectivity index is 1.73. The van der Waals surface area contributed by atoms with Crippen LogP contribution < -0.4 is 0 Å². The second-order valence-electron chi connectivity index (χ2n) is 6.20. The number of rotatable bonds is 4. The van der Waals surface area contributed by atoms with E-state index in [4.69, 9.17) is 12.8 Å². The molecule has 2 aromatic rings. The lowest BCUT2D eigenvalue weighted by Gasteiger charge is -2.43. The van der Waals surface area contributed by atoms with E-state index >= 15 is 0 Å². The molecule has 2 aromatic carbocycles. The topological polar surface area (TPSA) is 6.48 Å². The largest absolute Gasteiger partial charge is 0.294 e. The zero-order chi connectivity index (χ0) is 16.8. The molecule has 120 valence electrons. The van der Waals surface area contributed by atoms with E-state index in [9.17, 15) is 0 Å². The molecular formula is C22H22N2. The maximum absolute atomic E-state index is 5.83. The fourth-order valence-electron chi connectivity index (χ4n) is 3.27. The zero-order valence-electron chi connectivity index (χ0n) is 13.8. The first-order chi connectivity index (χ1) is 11.8. The highest BCUT2D eigenvalue weighted by Gasteiger charge is 2.32. The van der Waals surface area contributed by atoms with Crippen LogP contribution in [0.15, 0.2) is 60.7 Å². The summed E-state index contributed by atoms with van der Waals surface area (Å²) in [6.07, 6.45) is 11.7. The number of terminal acetylenes is 2. The Hall–Kier alpha value is -2.52. The molecule has 2 heteroatoms. The second-order valence-corrected chi connectivity index (χ2v) is 6.20. The lowest BCUT2D eigenvalue weighted by molar-refractivity contribution is 0.0620. The Morgan fingerprint density at radius 1 is 0.750 bits per heavy atom. The monoisotopic (exact) mass is 314 g/mol. The third-order valence-electron chi connectivity index (χ3n) is 4.50. The minimum atomic E-state index is 0.0312. The molecule has 1 aliphatic rings. The number of nitrogens with zero attached hydrogens (tertiary/aromatic N) is 2. The average Bonchev–Trinajstić information content (AvgIpc) is 2.64. The summed E-state index contributed by atoms with van der Waals surface area (Å²) in [6, 6.07) is 20.9. The molecule has 0 amide bonds. The van der Waals surface area contributed by atoms with E-state index < -0.39 is 0 Å². The van der Waals surface area contributed by atoms with E-state index in [1.807, 2.05) is 12.1 Å². The van der Waals surface area contributed by atoms with Gasteiger partial charge in [0.15, 0.2) is 0 Å². The highest BCUT2D eigenvalue weighted by molar-refractivity contribution is 5.20. The highest BCUT2D eigenvalue weighted by Crippen LogP contribution is 2.20. The summed E-state index contributed by atoms with van der Waals surface area (Å²) in [7, 11) is 0. The fraction of sp³-hybridized carbons (Fsp3) is 0.273. The fourth-order valence-corrected chi connectivity index (χ4v) is 3.27. The van der Waals surface area contributed by atoms with Gasteiger partial charge in [0.25, 0.3) is 0 Å². The molecule has 0 spiro atoms. The van der Waals surface area contributed by atoms with Gasteiger partial charge in [-0.1, -0.05) is 72.5 Å². The van der Waals surface area contributed by atoms with E-state index in [1.54, 1.807) is 0 Å². The van der Waals surface area contributed by atoms with Gasteiger partial charge in [-0.05, 0) is 11.1 Å². The summed E-state index contributed by atoms with van der Waals surface area (Å²) in [6.45, 7) is 3.37. The summed E-state index contributed by atoms with van der Waals surface area (Å²) in [5.41, 5.74) is 2.54. The molecule has 0 unspecified atom stereocenters. The molecule has 0 N–H and O–H groups in total. The van der Waals surface area contributed by atoms with Crippen LogP contribution in [0.25, 0.3) is 0 Å². The molecule has 0 aromatic heterocycles. The Bertz CT molecular complexity index is 700. The van der Waals surface area contributed by atoms with Gasteiger partial charge in [0.05, 0.1) is 12.1 Å². The van der Waals surface area contributed by atoms with Crippen molar-refractivity contribution in [3.8, 4) is 24.7 Å². The van der Waals surface area contributed by atoms with Crippen LogP contribution in [-0.2, 0) is 13.1 Å². The first kappa shape index (κ1) is 16.3. The Labute approximate surface area is 145 Å². The van der Waals surface area contributed by atoms with Gasteiger partial charge in [-0.25, -0.2) is 0 Å². The van der Waals surface area contributed by atoms with Crippen molar-refractivity contribution >= 4 is 0 Å². The van der Waals surface area contributed by atoms with Crippen molar-refractivity contribution < 1.29 is 0 Å². The first-order valence-electron chi connectivity index (χ1n) is 8.28. The van der Waals surface area contributed by atoms with Gasteiger partial charge in [-0.2, -0.15) is 0 Å². The van der Waals surface area contributed by atoms with Crippen molar-refractivity contribution in [2.45, 2.75) is 25.2 Å². The number of piperazine rings is 1. The Kier molecular flexibility index (Phi) is 5.34. The van der Waals surface area contributed by atoms with Crippen molar-refractivity contribution in [3.05, 3.63) is 71.8 Å². The van der Waals surface area contributed by atoms with Crippen molar-refractivity contribution in [1.82, 2.24) is 9.80 Å². The number of benzene rings is 2. The molecule has 0 saturated carbocycles. The van der Waals surface area contributed by atoms with Gasteiger partial charge in [0, 0.05) is 26.2 Å². The molecule has 1 fully saturated rings. The van der Waals surface area contributed by atoms with Crippen molar-refractivity contribution in [3.63, 3.8) is 0 Å². The summed E-state index contributed by atoms with van der Waals surface area (Å²) >= 11 is 0. The second kappa shape index (κ2) is 7.84. The van der Waals surface area contributed by atoms with E-state index in [2.05, 4.69) is 70.2 Å². The van der Waals surface area contributed by atoms with Crippen molar-refractivity contribution in [1.29, 1.82) is 0 Å². The van der Waals surface area contributed by atoms with Gasteiger partial charge in [0.1, 0.15) is 0 Å². The molecular weight excluding hydrogens is 292 g/mol. The Morgan fingerprint density at radius 2 is 1.21 bits per heavy atom. The molecule has 1 saturated heterocycles. The molecule has 24 heavy (non-hydrogen) atoms. The predicted molar refractivity (Wildman–Crippen MR) is 98.9 cm³/mol. The molecule has 2 nitrogen and oxygen atoms in total. The maximum Gasteiger partial charge on any atom is 0.0853 e. The summed E-state index contributed by atoms with van der Waals surface area (Å²) in [5.74, 6) is 5.89. The van der Waals surface area contributed by atoms with E-state index in [1.165, 1.54) is 11.1 Å². The maximum atomic E-state index is 5.83. The van der Waals surface area contributed by atoms with Gasteiger partial charge in [-0.3, -0.25) is 9.80 Å². The lowest BCUT2D eigenvalue weighted by Crippen LogP contribution is -2.57. The number of hydrogen-bond donors (Lipinski definition) is 0. The van der Waals surface area contributed by atoms with Gasteiger partial charge >= 0.3 is 0 Å². The van der Waals surface area contributed by atoms with Gasteiger partial charge in [0.2, 0.25) is 0 Å². The van der Waals surface area contributed by atoms with E-state index in [0.29, 0.717) is 0 Å². The van der Waals surface area contributed by atoms with Crippen LogP contribution >= 0.6 is 0 Å². The van der Waals surface area contributed by atoms with Crippen LogP contribution in [0.2, 0.25) is 0 Å². The SMILES string of the molecule is C#C[C@H]1CN(Cc2ccccc2)C[C@H](C#C)N1Cc1ccccc1. The van der Waals surface area contributed by atoms with Crippen LogP contribution in [0, 0.1) is 24.7 Å². The molecule has 2 atom stereocenters. The van der Waals surface area contributed by atoms with E-state index in [0.717, 1.165) is 26.2 Å². The van der Waals surface area contributed by atoms with Gasteiger partial charge < -0.3 is 0 Å². The minimum absolute atomic E-state index is 0.0312. The van der Waals surface area contributed by atoms with Crippen LogP contribution in [0.4, 0.5) is 0 Å². The summed E-state index contributed by atoms with van der Waals surface area (Å²) in [4.78, 5) is 4.64. The zero-order valence-corrected chi connectivity index (χ0v) is 13.8. The van der Waals surface area contributed by atoms with Crippen LogP contribution in [-0.4, -0.2) is 35.0 Å². The highest BCUT2D eigenvalue weighted by atomic mass is 15.3. The average molecular weight is 314 g/mol. The third kappa shape index (κ3) is 3.87. The minimum Gasteiger partial charge on any atom is -0.294 e. The van der Waals surface area contributed by atoms with Crippen LogP contribution in [0.3, 0.4) is 0 Å². The first-order valence-corrected chi connectivity index (χ1v) is 8.28. The lowest BCUT2D eigenvalue weighted by atomic mass is 10.0. The molecule has 1 heterocycles. The predicted octanol–water partition coefficient (Wildman–Crippen LogP) is 3.01. The molecule has 1 aliphatic heterocycles. The molecule has 3 rings (SSSR count). The summed E-state index contributed by atoms with van der Waals surface area (Å²) < 4.78 is 0. The molecule has 0 radical (unpaired) electrons. The quantitative estimate of drug-likeness (QED) is 0.801. The van der Waals surface area contributed by atoms with Gasteiger partial charge in [-0.15, -0.1) is 12.8 Å². The van der Waals surface area contributed by atoms with Crippen molar-refractivity contribution in [2.24, 2.45) is 0 Å². The smallest absolute Gasteiger partial charge is 0.0853 e. The molecule has 0 bridgehead atoms. The van der Waals surface area contributed by atoms with Crippen LogP contribution in [0.5, 0.6) is 0 Å². The third-order valence-corrected chi connectivity index (χ3v) is 4.50. The van der Waals surface area contributed by atoms with Crippen LogP contribution in [0.1, 0.15) is 11.1 Å².